The molecule has 2 N–H and O–H groups in total. The number of thioether (sulfide) groups is 1. The summed E-state index contributed by atoms with van der Waals surface area (Å²) in [6, 6.07) is 5.94. The fourth-order valence-electron chi connectivity index (χ4n) is 3.20. The van der Waals surface area contributed by atoms with E-state index in [0.717, 1.165) is 26.2 Å². The lowest BCUT2D eigenvalue weighted by molar-refractivity contribution is -0.129. The second-order valence-corrected chi connectivity index (χ2v) is 8.25. The highest BCUT2D eigenvalue weighted by molar-refractivity contribution is 7.99. The van der Waals surface area contributed by atoms with Crippen molar-refractivity contribution in [3.8, 4) is 5.75 Å². The van der Waals surface area contributed by atoms with Crippen LogP contribution in [0.3, 0.4) is 0 Å². The van der Waals surface area contributed by atoms with Crippen molar-refractivity contribution in [1.29, 1.82) is 0 Å². The third-order valence-corrected chi connectivity index (χ3v) is 6.21. The van der Waals surface area contributed by atoms with Gasteiger partial charge in [-0.25, -0.2) is 0 Å². The molecule has 1 aliphatic rings. The number of carbonyl (C=O) groups excluding carboxylic acids is 2. The maximum atomic E-state index is 12.5. The van der Waals surface area contributed by atoms with Gasteiger partial charge in [-0.05, 0) is 31.3 Å². The average Bonchev–Trinajstić information content (AvgIpc) is 3.16. The quantitative estimate of drug-likeness (QED) is 0.549. The standard InChI is InChI=1S/C20H28N6O4S/c1-24-8-10-26(11-9-24)17(28)13-31-20-23-22-18(25(20)2)16(12-27)21-19(29)14-4-6-15(30-3)7-5-14/h4-7,16,27H,8-13H2,1-3H3,(H,21,29)/t16-/m1/s1. The Balaban J connectivity index is 1.60. The summed E-state index contributed by atoms with van der Waals surface area (Å²) in [6.07, 6.45) is 0. The number of carbonyl (C=O) groups is 2. The number of methoxy groups -OCH3 is 1. The van der Waals surface area contributed by atoms with Gasteiger partial charge in [0.05, 0.1) is 19.5 Å². The van der Waals surface area contributed by atoms with E-state index in [1.54, 1.807) is 43.0 Å². The van der Waals surface area contributed by atoms with Crippen molar-refractivity contribution in [1.82, 2.24) is 29.9 Å². The predicted molar refractivity (Wildman–Crippen MR) is 116 cm³/mol. The Hall–Kier alpha value is -2.63. The molecule has 10 nitrogen and oxygen atoms in total. The zero-order chi connectivity index (χ0) is 22.4. The number of nitrogens with one attached hydrogen (secondary N) is 1. The van der Waals surface area contributed by atoms with Crippen LogP contribution in [0, 0.1) is 0 Å². The van der Waals surface area contributed by atoms with E-state index in [1.807, 2.05) is 11.9 Å². The molecular formula is C20H28N6O4S. The van der Waals surface area contributed by atoms with E-state index >= 15 is 0 Å². The number of hydrogen-bond donors (Lipinski definition) is 2. The van der Waals surface area contributed by atoms with Crippen molar-refractivity contribution in [2.45, 2.75) is 11.2 Å². The van der Waals surface area contributed by atoms with Crippen LogP contribution in [0.4, 0.5) is 0 Å². The summed E-state index contributed by atoms with van der Waals surface area (Å²) in [5.41, 5.74) is 0.439. The third kappa shape index (κ3) is 5.75. The maximum Gasteiger partial charge on any atom is 0.251 e. The van der Waals surface area contributed by atoms with E-state index in [4.69, 9.17) is 4.74 Å². The molecule has 11 heteroatoms. The Morgan fingerprint density at radius 1 is 1.16 bits per heavy atom. The molecule has 1 saturated heterocycles. The van der Waals surface area contributed by atoms with Gasteiger partial charge < -0.3 is 29.5 Å². The van der Waals surface area contributed by atoms with Crippen LogP contribution in [-0.2, 0) is 11.8 Å². The van der Waals surface area contributed by atoms with E-state index in [2.05, 4.69) is 20.4 Å². The molecule has 0 radical (unpaired) electrons. The number of hydrogen-bond acceptors (Lipinski definition) is 8. The summed E-state index contributed by atoms with van der Waals surface area (Å²) in [7, 11) is 5.35. The molecular weight excluding hydrogens is 420 g/mol. The Morgan fingerprint density at radius 2 is 1.84 bits per heavy atom. The number of ether oxygens (including phenoxy) is 1. The van der Waals surface area contributed by atoms with Gasteiger partial charge in [0.15, 0.2) is 11.0 Å². The molecule has 0 saturated carbocycles. The number of piperazine rings is 1. The Labute approximate surface area is 185 Å². The first-order chi connectivity index (χ1) is 14.9. The van der Waals surface area contributed by atoms with Gasteiger partial charge >= 0.3 is 0 Å². The molecule has 2 aromatic rings. The van der Waals surface area contributed by atoms with Gasteiger partial charge in [-0.15, -0.1) is 10.2 Å². The first-order valence-corrected chi connectivity index (χ1v) is 11.0. The van der Waals surface area contributed by atoms with Gasteiger partial charge in [-0.1, -0.05) is 11.8 Å². The van der Waals surface area contributed by atoms with Crippen LogP contribution in [0.5, 0.6) is 5.75 Å². The zero-order valence-electron chi connectivity index (χ0n) is 17.9. The normalized spacial score (nSPS) is 15.5. The van der Waals surface area contributed by atoms with Gasteiger partial charge in [0.2, 0.25) is 5.91 Å². The number of aliphatic hydroxyl groups is 1. The molecule has 3 rings (SSSR count). The Bertz CT molecular complexity index is 896. The van der Waals surface area contributed by atoms with Gasteiger partial charge in [-0.2, -0.15) is 0 Å². The molecule has 1 aliphatic heterocycles. The number of aliphatic hydroxyl groups excluding tert-OH is 1. The lowest BCUT2D eigenvalue weighted by Crippen LogP contribution is -2.47. The SMILES string of the molecule is COc1ccc(C(=O)N[C@H](CO)c2nnc(SCC(=O)N3CCN(C)CC3)n2C)cc1. The lowest BCUT2D eigenvalue weighted by atomic mass is 10.2. The molecule has 0 spiro atoms. The highest BCUT2D eigenvalue weighted by atomic mass is 32.2. The molecule has 2 heterocycles. The molecule has 168 valence electrons. The lowest BCUT2D eigenvalue weighted by Gasteiger charge is -2.32. The minimum atomic E-state index is -0.727. The van der Waals surface area contributed by atoms with Crippen LogP contribution in [0.1, 0.15) is 22.2 Å². The van der Waals surface area contributed by atoms with Gasteiger partial charge in [-0.3, -0.25) is 9.59 Å². The van der Waals surface area contributed by atoms with Crippen LogP contribution in [0.25, 0.3) is 0 Å². The van der Waals surface area contributed by atoms with Crippen molar-refractivity contribution in [2.24, 2.45) is 7.05 Å². The minimum absolute atomic E-state index is 0.0640. The predicted octanol–water partition coefficient (Wildman–Crippen LogP) is 0.153. The van der Waals surface area contributed by atoms with E-state index in [-0.39, 0.29) is 24.2 Å². The molecule has 0 unspecified atom stereocenters. The number of nitrogens with zero attached hydrogens (tertiary/aromatic N) is 5. The summed E-state index contributed by atoms with van der Waals surface area (Å²) in [5, 5.41) is 21.4. The summed E-state index contributed by atoms with van der Waals surface area (Å²) in [5.74, 6) is 1.05. The first kappa shape index (κ1) is 23.0. The van der Waals surface area contributed by atoms with Gasteiger partial charge in [0.25, 0.3) is 5.91 Å². The van der Waals surface area contributed by atoms with Crippen molar-refractivity contribution in [2.75, 3.05) is 52.7 Å². The monoisotopic (exact) mass is 448 g/mol. The molecule has 1 aromatic carbocycles. The third-order valence-electron chi connectivity index (χ3n) is 5.20. The van der Waals surface area contributed by atoms with E-state index in [9.17, 15) is 14.7 Å². The summed E-state index contributed by atoms with van der Waals surface area (Å²) >= 11 is 1.29. The number of benzene rings is 1. The van der Waals surface area contributed by atoms with Crippen LogP contribution < -0.4 is 10.1 Å². The highest BCUT2D eigenvalue weighted by Crippen LogP contribution is 2.20. The largest absolute Gasteiger partial charge is 0.497 e. The van der Waals surface area contributed by atoms with Crippen LogP contribution in [0.2, 0.25) is 0 Å². The summed E-state index contributed by atoms with van der Waals surface area (Å²) in [4.78, 5) is 29.0. The van der Waals surface area contributed by atoms with Crippen molar-refractivity contribution < 1.29 is 19.4 Å². The second kappa shape index (κ2) is 10.6. The number of rotatable bonds is 8. The van der Waals surface area contributed by atoms with Gasteiger partial charge in [0, 0.05) is 38.8 Å². The topological polar surface area (TPSA) is 113 Å². The Morgan fingerprint density at radius 3 is 2.45 bits per heavy atom. The van der Waals surface area contributed by atoms with Crippen molar-refractivity contribution >= 4 is 23.6 Å². The summed E-state index contributed by atoms with van der Waals surface area (Å²) in [6.45, 7) is 2.86. The maximum absolute atomic E-state index is 12.5. The van der Waals surface area contributed by atoms with Crippen LogP contribution in [0.15, 0.2) is 29.4 Å². The second-order valence-electron chi connectivity index (χ2n) is 7.31. The Kier molecular flexibility index (Phi) is 7.88. The fraction of sp³-hybridized carbons (Fsp3) is 0.500. The summed E-state index contributed by atoms with van der Waals surface area (Å²) < 4.78 is 6.79. The fourth-order valence-corrected chi connectivity index (χ4v) is 4.03. The molecule has 1 atom stereocenters. The van der Waals surface area contributed by atoms with E-state index in [1.165, 1.54) is 11.8 Å². The molecule has 0 aliphatic carbocycles. The molecule has 1 fully saturated rings. The number of aromatic nitrogens is 3. The highest BCUT2D eigenvalue weighted by Gasteiger charge is 2.23. The van der Waals surface area contributed by atoms with E-state index in [0.29, 0.717) is 22.3 Å². The average molecular weight is 449 g/mol. The molecule has 2 amide bonds. The molecule has 0 bridgehead atoms. The van der Waals surface area contributed by atoms with E-state index < -0.39 is 6.04 Å². The zero-order valence-corrected chi connectivity index (χ0v) is 18.8. The number of amides is 2. The van der Waals surface area contributed by atoms with Crippen molar-refractivity contribution in [3.05, 3.63) is 35.7 Å². The smallest absolute Gasteiger partial charge is 0.251 e. The van der Waals surface area contributed by atoms with Crippen molar-refractivity contribution in [3.63, 3.8) is 0 Å². The number of likely N-dealkylation sites (N-methyl/N-ethyl adjacent to an activating group) is 1. The molecule has 31 heavy (non-hydrogen) atoms. The minimum Gasteiger partial charge on any atom is -0.497 e. The van der Waals surface area contributed by atoms with Gasteiger partial charge in [0.1, 0.15) is 11.8 Å². The molecule has 1 aromatic heterocycles. The van der Waals surface area contributed by atoms with Crippen LogP contribution in [-0.4, -0.2) is 94.2 Å². The van der Waals surface area contributed by atoms with Crippen LogP contribution >= 0.6 is 11.8 Å². The first-order valence-electron chi connectivity index (χ1n) is 9.97.